The molecule has 0 fully saturated rings. The van der Waals surface area contributed by atoms with Gasteiger partial charge in [0, 0.05) is 17.9 Å². The largest absolute Gasteiger partial charge is 0.325 e. The van der Waals surface area contributed by atoms with Gasteiger partial charge in [-0.2, -0.15) is 4.68 Å². The van der Waals surface area contributed by atoms with Crippen molar-refractivity contribution in [3.05, 3.63) is 76.2 Å². The first-order valence-electron chi connectivity index (χ1n) is 11.7. The highest BCUT2D eigenvalue weighted by molar-refractivity contribution is 7.99. The number of aryl methyl sites for hydroxylation is 1. The number of rotatable bonds is 6. The second kappa shape index (κ2) is 9.85. The fourth-order valence-electron chi connectivity index (χ4n) is 4.47. The molecule has 0 aromatic heterocycles. The summed E-state index contributed by atoms with van der Waals surface area (Å²) >= 11 is 1.40. The van der Waals surface area contributed by atoms with Crippen molar-refractivity contribution in [2.45, 2.75) is 50.7 Å². The van der Waals surface area contributed by atoms with Gasteiger partial charge in [-0.1, -0.05) is 61.5 Å². The van der Waals surface area contributed by atoms with E-state index in [1.54, 1.807) is 0 Å². The summed E-state index contributed by atoms with van der Waals surface area (Å²) in [6.45, 7) is 2.86. The maximum absolute atomic E-state index is 13.3. The molecular formula is C26H27N5O2S. The molecule has 174 valence electrons. The summed E-state index contributed by atoms with van der Waals surface area (Å²) in [6.07, 6.45) is 4.80. The van der Waals surface area contributed by atoms with Crippen LogP contribution in [-0.2, 0) is 24.2 Å². The Morgan fingerprint density at radius 3 is 2.68 bits per heavy atom. The zero-order valence-electron chi connectivity index (χ0n) is 19.2. The Bertz CT molecular complexity index is 1350. The second-order valence-corrected chi connectivity index (χ2v) is 9.34. The van der Waals surface area contributed by atoms with Crippen molar-refractivity contribution in [1.82, 2.24) is 19.3 Å². The van der Waals surface area contributed by atoms with Gasteiger partial charge in [-0.05, 0) is 49.4 Å². The minimum Gasteiger partial charge on any atom is -0.325 e. The number of nitrogens with zero attached hydrogens (tertiary/aromatic N) is 4. The van der Waals surface area contributed by atoms with Crippen LogP contribution in [0.1, 0.15) is 37.4 Å². The van der Waals surface area contributed by atoms with Gasteiger partial charge in [-0.25, -0.2) is 4.98 Å². The molecule has 0 aliphatic carbocycles. The van der Waals surface area contributed by atoms with Crippen LogP contribution in [0.5, 0.6) is 0 Å². The van der Waals surface area contributed by atoms with Crippen LogP contribution in [0.15, 0.2) is 64.5 Å². The molecule has 3 heterocycles. The highest BCUT2D eigenvalue weighted by atomic mass is 32.2. The standard InChI is InChI=1S/C26H27N5O2S/c1-2-18-11-8-9-14-20(18)27-22(32)17-34-26-28-24-23(21-15-7-4-10-16-30(21)26)25(33)31(29-24)19-12-5-3-6-13-19/h3,5-6,8-9,11-14H,2,4,7,10,15-17H2,1H3,(H,27,32). The van der Waals surface area contributed by atoms with Gasteiger partial charge in [0.15, 0.2) is 11.0 Å². The Morgan fingerprint density at radius 2 is 1.85 bits per heavy atom. The summed E-state index contributed by atoms with van der Waals surface area (Å²) in [5.41, 5.74) is 4.12. The van der Waals surface area contributed by atoms with Crippen LogP contribution in [0.3, 0.4) is 0 Å². The SMILES string of the molecule is CCc1ccccc1NC(=O)CSc1nc2nn(-c3ccccc3)c(=O)c-2c2n1CCCCC2. The molecule has 2 aromatic rings. The lowest BCUT2D eigenvalue weighted by atomic mass is 10.1. The van der Waals surface area contributed by atoms with E-state index in [9.17, 15) is 9.59 Å². The molecule has 1 N–H and O–H groups in total. The predicted octanol–water partition coefficient (Wildman–Crippen LogP) is 4.55. The fraction of sp³-hybridized carbons (Fsp3) is 0.308. The quantitative estimate of drug-likeness (QED) is 0.328. The van der Waals surface area contributed by atoms with Crippen LogP contribution >= 0.6 is 11.8 Å². The third-order valence-corrected chi connectivity index (χ3v) is 7.15. The van der Waals surface area contributed by atoms with Crippen molar-refractivity contribution in [2.24, 2.45) is 0 Å². The second-order valence-electron chi connectivity index (χ2n) is 8.40. The number of hydrogen-bond donors (Lipinski definition) is 1. The van der Waals surface area contributed by atoms with Crippen LogP contribution in [0.2, 0.25) is 0 Å². The van der Waals surface area contributed by atoms with Crippen molar-refractivity contribution in [3.8, 4) is 17.1 Å². The molecule has 0 spiro atoms. The summed E-state index contributed by atoms with van der Waals surface area (Å²) < 4.78 is 3.57. The lowest BCUT2D eigenvalue weighted by Crippen LogP contribution is -2.20. The molecule has 0 atom stereocenters. The number of anilines is 1. The normalized spacial score (nSPS) is 13.4. The topological polar surface area (TPSA) is 81.8 Å². The maximum Gasteiger partial charge on any atom is 0.284 e. The van der Waals surface area contributed by atoms with E-state index in [1.165, 1.54) is 16.4 Å². The van der Waals surface area contributed by atoms with E-state index in [-0.39, 0.29) is 17.2 Å². The highest BCUT2D eigenvalue weighted by Gasteiger charge is 2.27. The van der Waals surface area contributed by atoms with Crippen molar-refractivity contribution in [1.29, 1.82) is 0 Å². The Morgan fingerprint density at radius 1 is 1.06 bits per heavy atom. The number of fused-ring (bicyclic) bond motifs is 3. The zero-order valence-corrected chi connectivity index (χ0v) is 20.0. The van der Waals surface area contributed by atoms with E-state index in [2.05, 4.69) is 21.9 Å². The molecular weight excluding hydrogens is 446 g/mol. The van der Waals surface area contributed by atoms with Crippen LogP contribution in [0.25, 0.3) is 17.1 Å². The van der Waals surface area contributed by atoms with Crippen LogP contribution in [0.4, 0.5) is 5.69 Å². The Hall–Kier alpha value is -3.39. The van der Waals surface area contributed by atoms with Crippen LogP contribution < -0.4 is 10.9 Å². The fourth-order valence-corrected chi connectivity index (χ4v) is 5.32. The van der Waals surface area contributed by atoms with Gasteiger partial charge >= 0.3 is 0 Å². The van der Waals surface area contributed by atoms with E-state index in [0.29, 0.717) is 11.4 Å². The number of benzene rings is 2. The minimum absolute atomic E-state index is 0.0740. The number of hydrogen-bond acceptors (Lipinski definition) is 5. The Kier molecular flexibility index (Phi) is 6.49. The first kappa shape index (κ1) is 22.4. The smallest absolute Gasteiger partial charge is 0.284 e. The number of carbonyl (C=O) groups excluding carboxylic acids is 1. The molecule has 0 unspecified atom stereocenters. The zero-order chi connectivity index (χ0) is 23.5. The lowest BCUT2D eigenvalue weighted by molar-refractivity contribution is -0.113. The van der Waals surface area contributed by atoms with E-state index in [1.807, 2.05) is 54.6 Å². The average molecular weight is 474 g/mol. The predicted molar refractivity (Wildman–Crippen MR) is 135 cm³/mol. The van der Waals surface area contributed by atoms with Gasteiger partial charge in [0.1, 0.15) is 5.56 Å². The van der Waals surface area contributed by atoms with Gasteiger partial charge in [0.25, 0.3) is 5.56 Å². The Balaban J connectivity index is 1.47. The molecule has 0 bridgehead atoms. The molecule has 3 aliphatic rings. The summed E-state index contributed by atoms with van der Waals surface area (Å²) in [4.78, 5) is 30.9. The molecule has 0 saturated carbocycles. The Labute approximate surface area is 202 Å². The number of aromatic nitrogens is 4. The van der Waals surface area contributed by atoms with Gasteiger partial charge < -0.3 is 9.88 Å². The maximum atomic E-state index is 13.3. The highest BCUT2D eigenvalue weighted by Crippen LogP contribution is 2.30. The number of carbonyl (C=O) groups is 1. The van der Waals surface area contributed by atoms with Gasteiger partial charge in [0.2, 0.25) is 5.91 Å². The van der Waals surface area contributed by atoms with Crippen molar-refractivity contribution in [2.75, 3.05) is 11.1 Å². The van der Waals surface area contributed by atoms with Gasteiger partial charge in [-0.15, -0.1) is 5.10 Å². The lowest BCUT2D eigenvalue weighted by Gasteiger charge is -2.17. The molecule has 2 aromatic carbocycles. The number of para-hydroxylation sites is 2. The van der Waals surface area contributed by atoms with Crippen LogP contribution in [-0.4, -0.2) is 31.0 Å². The molecule has 3 aliphatic heterocycles. The van der Waals surface area contributed by atoms with E-state index >= 15 is 0 Å². The van der Waals surface area contributed by atoms with Crippen LogP contribution in [0, 0.1) is 0 Å². The minimum atomic E-state index is -0.134. The molecule has 0 saturated heterocycles. The average Bonchev–Trinajstić information content (AvgIpc) is 3.03. The number of amides is 1. The monoisotopic (exact) mass is 473 g/mol. The van der Waals surface area contributed by atoms with E-state index in [0.717, 1.165) is 66.4 Å². The summed E-state index contributed by atoms with van der Waals surface area (Å²) in [5, 5.41) is 8.33. The molecule has 7 nitrogen and oxygen atoms in total. The summed E-state index contributed by atoms with van der Waals surface area (Å²) in [6, 6.07) is 17.3. The van der Waals surface area contributed by atoms with Crippen molar-refractivity contribution < 1.29 is 4.79 Å². The molecule has 34 heavy (non-hydrogen) atoms. The summed E-state index contributed by atoms with van der Waals surface area (Å²) in [5.74, 6) is 0.607. The van der Waals surface area contributed by atoms with E-state index < -0.39 is 0 Å². The molecule has 5 rings (SSSR count). The molecule has 8 heteroatoms. The third-order valence-electron chi connectivity index (χ3n) is 6.17. The summed E-state index contributed by atoms with van der Waals surface area (Å²) in [7, 11) is 0. The number of thioether (sulfide) groups is 1. The van der Waals surface area contributed by atoms with Crippen molar-refractivity contribution in [3.63, 3.8) is 0 Å². The molecule has 1 amide bonds. The van der Waals surface area contributed by atoms with Gasteiger partial charge in [0.05, 0.1) is 11.4 Å². The molecule has 0 radical (unpaired) electrons. The first-order valence-corrected chi connectivity index (χ1v) is 12.7. The third kappa shape index (κ3) is 4.37. The van der Waals surface area contributed by atoms with E-state index in [4.69, 9.17) is 4.98 Å². The van der Waals surface area contributed by atoms with Gasteiger partial charge in [-0.3, -0.25) is 9.59 Å². The number of nitrogens with one attached hydrogen (secondary N) is 1. The van der Waals surface area contributed by atoms with Crippen molar-refractivity contribution >= 4 is 23.4 Å². The first-order chi connectivity index (χ1) is 16.7.